The van der Waals surface area contributed by atoms with Crippen LogP contribution in [-0.4, -0.2) is 23.2 Å². The molecule has 0 aliphatic heterocycles. The van der Waals surface area contributed by atoms with Gasteiger partial charge in [-0.2, -0.15) is 0 Å². The molecule has 1 unspecified atom stereocenters. The molecule has 0 radical (unpaired) electrons. The lowest BCUT2D eigenvalue weighted by molar-refractivity contribution is -0.143. The van der Waals surface area contributed by atoms with E-state index in [9.17, 15) is 9.90 Å². The number of aryl methyl sites for hydroxylation is 3. The van der Waals surface area contributed by atoms with Crippen LogP contribution in [0, 0.1) is 6.92 Å². The van der Waals surface area contributed by atoms with E-state index in [4.69, 9.17) is 9.72 Å². The number of nitrogens with zero attached hydrogens (tertiary/aromatic N) is 1. The maximum absolute atomic E-state index is 12.6. The fraction of sp³-hybridized carbons (Fsp3) is 0.440. The number of carboxylic acids is 1. The Labute approximate surface area is 181 Å². The summed E-state index contributed by atoms with van der Waals surface area (Å²) in [6.45, 7) is 5.87. The zero-order valence-electron chi connectivity index (χ0n) is 18.2. The Bertz CT molecular complexity index is 1120. The number of ether oxygens (including phenoxy) is 1. The van der Waals surface area contributed by atoms with Crippen LogP contribution in [0.25, 0.3) is 21.3 Å². The summed E-state index contributed by atoms with van der Waals surface area (Å²) < 4.78 is 5.50. The van der Waals surface area contributed by atoms with E-state index in [0.29, 0.717) is 6.42 Å². The van der Waals surface area contributed by atoms with Gasteiger partial charge in [0, 0.05) is 16.0 Å². The first kappa shape index (κ1) is 20.9. The van der Waals surface area contributed by atoms with E-state index in [1.54, 1.807) is 18.4 Å². The van der Waals surface area contributed by atoms with E-state index in [-0.39, 0.29) is 0 Å². The third kappa shape index (κ3) is 3.29. The first-order valence-corrected chi connectivity index (χ1v) is 11.6. The van der Waals surface area contributed by atoms with Crippen LogP contribution < -0.4 is 4.74 Å². The Morgan fingerprint density at radius 3 is 2.77 bits per heavy atom. The molecule has 4 rings (SSSR count). The van der Waals surface area contributed by atoms with Gasteiger partial charge in [0.25, 0.3) is 0 Å². The third-order valence-electron chi connectivity index (χ3n) is 6.42. The molecule has 0 spiro atoms. The van der Waals surface area contributed by atoms with Crippen LogP contribution in [0.4, 0.5) is 0 Å². The van der Waals surface area contributed by atoms with Gasteiger partial charge in [-0.05, 0) is 80.3 Å². The van der Waals surface area contributed by atoms with Crippen molar-refractivity contribution in [2.45, 2.75) is 64.7 Å². The van der Waals surface area contributed by atoms with Gasteiger partial charge in [0.15, 0.2) is 0 Å². The van der Waals surface area contributed by atoms with Gasteiger partial charge in [-0.15, -0.1) is 11.3 Å². The molecule has 0 saturated carbocycles. The van der Waals surface area contributed by atoms with Crippen molar-refractivity contribution >= 4 is 27.5 Å². The van der Waals surface area contributed by atoms with E-state index in [0.717, 1.165) is 57.6 Å². The molecule has 0 fully saturated rings. The normalized spacial score (nSPS) is 15.6. The Kier molecular flexibility index (Phi) is 5.58. The second-order valence-electron chi connectivity index (χ2n) is 8.46. The SMILES string of the molecule is CCCC(C)(C(=O)O)c1c(C)nc2sc3c(c2c1-c1cccc(OC)c1)CCCC3. The monoisotopic (exact) mass is 423 g/mol. The summed E-state index contributed by atoms with van der Waals surface area (Å²) in [6, 6.07) is 8.01. The lowest BCUT2D eigenvalue weighted by Crippen LogP contribution is -2.34. The van der Waals surface area contributed by atoms with E-state index < -0.39 is 11.4 Å². The predicted octanol–water partition coefficient (Wildman–Crippen LogP) is 6.30. The third-order valence-corrected chi connectivity index (χ3v) is 7.60. The summed E-state index contributed by atoms with van der Waals surface area (Å²) in [5.41, 5.74) is 4.09. The van der Waals surface area contributed by atoms with Crippen molar-refractivity contribution < 1.29 is 14.6 Å². The number of methoxy groups -OCH3 is 1. The number of fused-ring (bicyclic) bond motifs is 3. The Hall–Kier alpha value is -2.40. The molecule has 1 aliphatic carbocycles. The van der Waals surface area contributed by atoms with Crippen LogP contribution in [0.15, 0.2) is 24.3 Å². The first-order chi connectivity index (χ1) is 14.4. The summed E-state index contributed by atoms with van der Waals surface area (Å²) in [6.07, 6.45) is 5.87. The van der Waals surface area contributed by atoms with Crippen LogP contribution in [0.5, 0.6) is 5.75 Å². The van der Waals surface area contributed by atoms with Crippen LogP contribution in [0.3, 0.4) is 0 Å². The molecule has 30 heavy (non-hydrogen) atoms. The molecule has 1 aliphatic rings. The molecule has 0 saturated heterocycles. The van der Waals surface area contributed by atoms with Gasteiger partial charge in [0.05, 0.1) is 12.5 Å². The number of rotatable bonds is 6. The number of pyridine rings is 1. The fourth-order valence-corrected chi connectivity index (χ4v) is 6.30. The smallest absolute Gasteiger partial charge is 0.313 e. The highest BCUT2D eigenvalue weighted by Crippen LogP contribution is 2.47. The van der Waals surface area contributed by atoms with Crippen molar-refractivity contribution in [1.82, 2.24) is 4.98 Å². The molecule has 1 aromatic carbocycles. The van der Waals surface area contributed by atoms with Gasteiger partial charge in [0.1, 0.15) is 10.6 Å². The quantitative estimate of drug-likeness (QED) is 0.505. The molecular weight excluding hydrogens is 394 g/mol. The molecule has 0 bridgehead atoms. The van der Waals surface area contributed by atoms with E-state index >= 15 is 0 Å². The molecular formula is C25H29NO3S. The minimum Gasteiger partial charge on any atom is -0.497 e. The molecule has 1 N–H and O–H groups in total. The Morgan fingerprint density at radius 1 is 1.30 bits per heavy atom. The van der Waals surface area contributed by atoms with Crippen molar-refractivity contribution in [1.29, 1.82) is 0 Å². The average Bonchev–Trinajstić information content (AvgIpc) is 3.10. The molecule has 4 nitrogen and oxygen atoms in total. The molecule has 2 heterocycles. The molecule has 2 aromatic heterocycles. The lowest BCUT2D eigenvalue weighted by atomic mass is 9.73. The average molecular weight is 424 g/mol. The van der Waals surface area contributed by atoms with Gasteiger partial charge >= 0.3 is 5.97 Å². The van der Waals surface area contributed by atoms with Crippen LogP contribution in [0.1, 0.15) is 61.2 Å². The lowest BCUT2D eigenvalue weighted by Gasteiger charge is -2.30. The summed E-state index contributed by atoms with van der Waals surface area (Å²) in [7, 11) is 1.66. The van der Waals surface area contributed by atoms with E-state index in [2.05, 4.69) is 6.07 Å². The van der Waals surface area contributed by atoms with Gasteiger partial charge in [0.2, 0.25) is 0 Å². The number of thiophene rings is 1. The van der Waals surface area contributed by atoms with Gasteiger partial charge < -0.3 is 9.84 Å². The second kappa shape index (κ2) is 8.03. The second-order valence-corrected chi connectivity index (χ2v) is 9.54. The topological polar surface area (TPSA) is 59.4 Å². The van der Waals surface area contributed by atoms with E-state index in [1.165, 1.54) is 23.3 Å². The zero-order valence-corrected chi connectivity index (χ0v) is 19.0. The van der Waals surface area contributed by atoms with E-state index in [1.807, 2.05) is 39.0 Å². The number of carbonyl (C=O) groups is 1. The van der Waals surface area contributed by atoms with Crippen molar-refractivity contribution in [2.24, 2.45) is 0 Å². The van der Waals surface area contributed by atoms with Crippen molar-refractivity contribution in [3.05, 3.63) is 46.0 Å². The molecule has 0 amide bonds. The highest BCUT2D eigenvalue weighted by Gasteiger charge is 2.40. The highest BCUT2D eigenvalue weighted by atomic mass is 32.1. The van der Waals surface area contributed by atoms with Crippen molar-refractivity contribution in [3.8, 4) is 16.9 Å². The van der Waals surface area contributed by atoms with Gasteiger partial charge in [-0.1, -0.05) is 25.5 Å². The Morgan fingerprint density at radius 2 is 2.07 bits per heavy atom. The molecule has 5 heteroatoms. The summed E-state index contributed by atoms with van der Waals surface area (Å²) in [4.78, 5) is 20.0. The van der Waals surface area contributed by atoms with Gasteiger partial charge in [-0.25, -0.2) is 4.98 Å². The standard InChI is InChI=1S/C25H29NO3S/c1-5-13-25(3,24(27)28)22-15(2)26-23-21(18-11-6-7-12-19(18)30-23)20(22)16-9-8-10-17(14-16)29-4/h8-10,14H,5-7,11-13H2,1-4H3,(H,27,28). The van der Waals surface area contributed by atoms with Crippen LogP contribution in [0.2, 0.25) is 0 Å². The largest absolute Gasteiger partial charge is 0.497 e. The highest BCUT2D eigenvalue weighted by molar-refractivity contribution is 7.19. The number of benzene rings is 1. The minimum absolute atomic E-state index is 0.569. The van der Waals surface area contributed by atoms with Crippen molar-refractivity contribution in [3.63, 3.8) is 0 Å². The zero-order chi connectivity index (χ0) is 21.5. The maximum Gasteiger partial charge on any atom is 0.313 e. The first-order valence-electron chi connectivity index (χ1n) is 10.7. The predicted molar refractivity (Wildman–Crippen MR) is 123 cm³/mol. The number of aliphatic carboxylic acids is 1. The summed E-state index contributed by atoms with van der Waals surface area (Å²) in [5, 5.41) is 11.5. The molecule has 158 valence electrons. The Balaban J connectivity index is 2.15. The van der Waals surface area contributed by atoms with Crippen LogP contribution >= 0.6 is 11.3 Å². The molecule has 3 aromatic rings. The van der Waals surface area contributed by atoms with Crippen molar-refractivity contribution in [2.75, 3.05) is 7.11 Å². The number of aromatic nitrogens is 1. The van der Waals surface area contributed by atoms with Gasteiger partial charge in [-0.3, -0.25) is 4.79 Å². The fourth-order valence-electron chi connectivity index (χ4n) is 4.98. The summed E-state index contributed by atoms with van der Waals surface area (Å²) in [5.74, 6) is -0.0143. The number of hydrogen-bond donors (Lipinski definition) is 1. The summed E-state index contributed by atoms with van der Waals surface area (Å²) >= 11 is 1.78. The maximum atomic E-state index is 12.6. The number of carboxylic acid groups (broad SMARTS) is 1. The van der Waals surface area contributed by atoms with Crippen LogP contribution in [-0.2, 0) is 23.1 Å². The number of hydrogen-bond acceptors (Lipinski definition) is 4. The molecule has 1 atom stereocenters. The minimum atomic E-state index is -0.998.